The van der Waals surface area contributed by atoms with Crippen molar-refractivity contribution in [2.24, 2.45) is 0 Å². The summed E-state index contributed by atoms with van der Waals surface area (Å²) in [5.41, 5.74) is 0.999. The molecular formula is C13H17Cl2NO2. The molecule has 0 aliphatic carbocycles. The fraction of sp³-hybridized carbons (Fsp3) is 0.462. The first-order valence-electron chi connectivity index (χ1n) is 5.78. The van der Waals surface area contributed by atoms with Crippen LogP contribution in [0.2, 0.25) is 10.0 Å². The molecule has 0 heterocycles. The molecule has 0 aromatic heterocycles. The summed E-state index contributed by atoms with van der Waals surface area (Å²) in [6.45, 7) is 2.75. The minimum Gasteiger partial charge on any atom is -0.481 e. The van der Waals surface area contributed by atoms with Crippen LogP contribution in [-0.2, 0) is 4.79 Å². The Morgan fingerprint density at radius 1 is 1.44 bits per heavy atom. The maximum absolute atomic E-state index is 10.5. The third-order valence-corrected chi connectivity index (χ3v) is 3.54. The quantitative estimate of drug-likeness (QED) is 0.865. The third-order valence-electron chi connectivity index (χ3n) is 2.98. The second-order valence-electron chi connectivity index (χ2n) is 4.32. The first kappa shape index (κ1) is 15.3. The number of hydrogen-bond acceptors (Lipinski definition) is 2. The van der Waals surface area contributed by atoms with Gasteiger partial charge in [-0.1, -0.05) is 29.3 Å². The van der Waals surface area contributed by atoms with Gasteiger partial charge in [0.1, 0.15) is 0 Å². The summed E-state index contributed by atoms with van der Waals surface area (Å²) in [4.78, 5) is 12.5. The zero-order valence-corrected chi connectivity index (χ0v) is 12.0. The van der Waals surface area contributed by atoms with Gasteiger partial charge in [-0.15, -0.1) is 0 Å². The molecule has 0 bridgehead atoms. The normalized spacial score (nSPS) is 12.7. The van der Waals surface area contributed by atoms with Crippen LogP contribution < -0.4 is 0 Å². The molecule has 0 spiro atoms. The number of benzene rings is 1. The van der Waals surface area contributed by atoms with Gasteiger partial charge in [-0.2, -0.15) is 0 Å². The molecule has 18 heavy (non-hydrogen) atoms. The van der Waals surface area contributed by atoms with Gasteiger partial charge in [-0.3, -0.25) is 9.69 Å². The van der Waals surface area contributed by atoms with E-state index in [2.05, 4.69) is 4.90 Å². The van der Waals surface area contributed by atoms with Gasteiger partial charge in [0.15, 0.2) is 0 Å². The molecule has 0 saturated heterocycles. The van der Waals surface area contributed by atoms with Crippen molar-refractivity contribution < 1.29 is 9.90 Å². The lowest BCUT2D eigenvalue weighted by atomic mass is 10.1. The molecule has 0 fully saturated rings. The second-order valence-corrected chi connectivity index (χ2v) is 5.16. The number of carbonyl (C=O) groups is 1. The highest BCUT2D eigenvalue weighted by atomic mass is 35.5. The van der Waals surface area contributed by atoms with Crippen molar-refractivity contribution in [3.8, 4) is 0 Å². The Hall–Kier alpha value is -0.770. The average Bonchev–Trinajstić information content (AvgIpc) is 2.27. The van der Waals surface area contributed by atoms with E-state index >= 15 is 0 Å². The fourth-order valence-electron chi connectivity index (χ4n) is 1.75. The van der Waals surface area contributed by atoms with E-state index in [1.165, 1.54) is 0 Å². The van der Waals surface area contributed by atoms with E-state index < -0.39 is 5.97 Å². The molecule has 100 valence electrons. The van der Waals surface area contributed by atoms with Crippen LogP contribution in [0.3, 0.4) is 0 Å². The molecule has 0 amide bonds. The summed E-state index contributed by atoms with van der Waals surface area (Å²) in [6.07, 6.45) is 0.812. The van der Waals surface area contributed by atoms with E-state index in [9.17, 15) is 4.79 Å². The molecule has 1 aromatic rings. The monoisotopic (exact) mass is 289 g/mol. The van der Waals surface area contributed by atoms with Gasteiger partial charge in [0, 0.05) is 22.5 Å². The van der Waals surface area contributed by atoms with Gasteiger partial charge in [0.05, 0.1) is 0 Å². The van der Waals surface area contributed by atoms with Gasteiger partial charge in [0.2, 0.25) is 0 Å². The Morgan fingerprint density at radius 2 is 2.11 bits per heavy atom. The van der Waals surface area contributed by atoms with Crippen LogP contribution in [0.4, 0.5) is 0 Å². The van der Waals surface area contributed by atoms with Crippen molar-refractivity contribution in [2.45, 2.75) is 25.8 Å². The highest BCUT2D eigenvalue weighted by molar-refractivity contribution is 6.35. The van der Waals surface area contributed by atoms with E-state index in [1.54, 1.807) is 6.07 Å². The number of halogens is 2. The predicted molar refractivity (Wildman–Crippen MR) is 74.4 cm³/mol. The van der Waals surface area contributed by atoms with Crippen LogP contribution in [0.5, 0.6) is 0 Å². The maximum atomic E-state index is 10.5. The number of nitrogens with zero attached hydrogens (tertiary/aromatic N) is 1. The largest absolute Gasteiger partial charge is 0.481 e. The molecule has 0 aliphatic rings. The van der Waals surface area contributed by atoms with E-state index in [0.717, 1.165) is 5.56 Å². The topological polar surface area (TPSA) is 40.5 Å². The van der Waals surface area contributed by atoms with Crippen molar-refractivity contribution in [1.82, 2.24) is 4.90 Å². The Bertz CT molecular complexity index is 423. The first-order valence-corrected chi connectivity index (χ1v) is 6.54. The van der Waals surface area contributed by atoms with E-state index in [1.807, 2.05) is 26.1 Å². The van der Waals surface area contributed by atoms with Crippen LogP contribution in [0.1, 0.15) is 31.4 Å². The van der Waals surface area contributed by atoms with Crippen molar-refractivity contribution in [1.29, 1.82) is 0 Å². The van der Waals surface area contributed by atoms with Gasteiger partial charge in [-0.25, -0.2) is 0 Å². The maximum Gasteiger partial charge on any atom is 0.303 e. The average molecular weight is 290 g/mol. The van der Waals surface area contributed by atoms with E-state index in [0.29, 0.717) is 23.0 Å². The van der Waals surface area contributed by atoms with Crippen molar-refractivity contribution in [2.75, 3.05) is 13.6 Å². The standard InChI is InChI=1S/C13H17Cl2NO2/c1-9(16(2)7-3-4-13(17)18)11-6-5-10(14)8-12(11)15/h5-6,8-9H,3-4,7H2,1-2H3,(H,17,18). The fourth-order valence-corrected chi connectivity index (χ4v) is 2.32. The second kappa shape index (κ2) is 6.98. The Labute approximate surface area is 117 Å². The lowest BCUT2D eigenvalue weighted by molar-refractivity contribution is -0.137. The molecule has 0 radical (unpaired) electrons. The SMILES string of the molecule is CC(c1ccc(Cl)cc1Cl)N(C)CCCC(=O)O. The molecule has 1 N–H and O–H groups in total. The minimum atomic E-state index is -0.763. The summed E-state index contributed by atoms with van der Waals surface area (Å²) in [5, 5.41) is 9.86. The molecular weight excluding hydrogens is 273 g/mol. The van der Waals surface area contributed by atoms with Crippen LogP contribution in [-0.4, -0.2) is 29.6 Å². The van der Waals surface area contributed by atoms with Crippen molar-refractivity contribution in [3.05, 3.63) is 33.8 Å². The lowest BCUT2D eigenvalue weighted by Gasteiger charge is -2.25. The lowest BCUT2D eigenvalue weighted by Crippen LogP contribution is -2.24. The first-order chi connectivity index (χ1) is 8.41. The molecule has 0 aliphatic heterocycles. The van der Waals surface area contributed by atoms with Crippen LogP contribution in [0.15, 0.2) is 18.2 Å². The summed E-state index contributed by atoms with van der Waals surface area (Å²) < 4.78 is 0. The highest BCUT2D eigenvalue weighted by Crippen LogP contribution is 2.29. The summed E-state index contributed by atoms with van der Waals surface area (Å²) in [6, 6.07) is 5.57. The summed E-state index contributed by atoms with van der Waals surface area (Å²) in [5.74, 6) is -0.763. The molecule has 1 atom stereocenters. The highest BCUT2D eigenvalue weighted by Gasteiger charge is 2.14. The van der Waals surface area contributed by atoms with E-state index in [4.69, 9.17) is 28.3 Å². The molecule has 5 heteroatoms. The summed E-state index contributed by atoms with van der Waals surface area (Å²) in [7, 11) is 1.96. The van der Waals surface area contributed by atoms with E-state index in [-0.39, 0.29) is 12.5 Å². The van der Waals surface area contributed by atoms with Gasteiger partial charge in [-0.05, 0) is 44.6 Å². The van der Waals surface area contributed by atoms with Crippen molar-refractivity contribution in [3.63, 3.8) is 0 Å². The van der Waals surface area contributed by atoms with Gasteiger partial charge >= 0.3 is 5.97 Å². The zero-order chi connectivity index (χ0) is 13.7. The van der Waals surface area contributed by atoms with Gasteiger partial charge in [0.25, 0.3) is 0 Å². The predicted octanol–water partition coefficient (Wildman–Crippen LogP) is 3.85. The van der Waals surface area contributed by atoms with Crippen LogP contribution in [0, 0.1) is 0 Å². The van der Waals surface area contributed by atoms with Crippen LogP contribution >= 0.6 is 23.2 Å². The minimum absolute atomic E-state index is 0.128. The van der Waals surface area contributed by atoms with Crippen molar-refractivity contribution >= 4 is 29.2 Å². The number of carboxylic acid groups (broad SMARTS) is 1. The summed E-state index contributed by atoms with van der Waals surface area (Å²) >= 11 is 12.0. The zero-order valence-electron chi connectivity index (χ0n) is 10.5. The smallest absolute Gasteiger partial charge is 0.303 e. The molecule has 1 rings (SSSR count). The van der Waals surface area contributed by atoms with Gasteiger partial charge < -0.3 is 5.11 Å². The Balaban J connectivity index is 2.62. The number of hydrogen-bond donors (Lipinski definition) is 1. The number of rotatable bonds is 6. The molecule has 0 saturated carbocycles. The third kappa shape index (κ3) is 4.48. The van der Waals surface area contributed by atoms with Crippen LogP contribution in [0.25, 0.3) is 0 Å². The molecule has 1 aromatic carbocycles. The number of carboxylic acids is 1. The number of aliphatic carboxylic acids is 1. The molecule has 1 unspecified atom stereocenters. The molecule has 3 nitrogen and oxygen atoms in total. The Kier molecular flexibility index (Phi) is 5.93. The Morgan fingerprint density at radius 3 is 2.67 bits per heavy atom.